The molecule has 0 spiro atoms. The van der Waals surface area contributed by atoms with Crippen molar-refractivity contribution in [3.05, 3.63) is 36.2 Å². The van der Waals surface area contributed by atoms with Gasteiger partial charge in [-0.1, -0.05) is 19.3 Å². The van der Waals surface area contributed by atoms with Gasteiger partial charge in [-0.25, -0.2) is 0 Å². The number of rotatable bonds is 3. The van der Waals surface area contributed by atoms with Crippen LogP contribution in [0, 0.1) is 0 Å². The second-order valence-corrected chi connectivity index (χ2v) is 5.96. The van der Waals surface area contributed by atoms with Gasteiger partial charge in [0.05, 0.1) is 16.6 Å². The third-order valence-electron chi connectivity index (χ3n) is 4.18. The summed E-state index contributed by atoms with van der Waals surface area (Å²) in [5.41, 5.74) is 1.87. The molecule has 1 saturated carbocycles. The van der Waals surface area contributed by atoms with Gasteiger partial charge in [-0.3, -0.25) is 14.8 Å². The summed E-state index contributed by atoms with van der Waals surface area (Å²) in [6.45, 7) is 0. The van der Waals surface area contributed by atoms with Gasteiger partial charge in [0, 0.05) is 23.8 Å². The Bertz CT molecular complexity index is 653. The maximum absolute atomic E-state index is 12.5. The second kappa shape index (κ2) is 5.98. The summed E-state index contributed by atoms with van der Waals surface area (Å²) >= 11 is 6.13. The molecule has 1 fully saturated rings. The highest BCUT2D eigenvalue weighted by Crippen LogP contribution is 2.29. The number of fused-ring (bicyclic) bond motifs is 1. The number of nitrogens with zero attached hydrogens (tertiary/aromatic N) is 2. The molecule has 2 aromatic rings. The summed E-state index contributed by atoms with van der Waals surface area (Å²) < 4.78 is 0. The summed E-state index contributed by atoms with van der Waals surface area (Å²) in [5, 5.41) is 3.14. The number of carbonyl (C=O) groups excluding carboxylic acids is 1. The molecule has 0 aliphatic heterocycles. The van der Waals surface area contributed by atoms with Gasteiger partial charge in [-0.15, -0.1) is 11.6 Å². The molecular weight excluding hydrogens is 286 g/mol. The van der Waals surface area contributed by atoms with Crippen molar-refractivity contribution in [3.63, 3.8) is 0 Å². The van der Waals surface area contributed by atoms with Crippen LogP contribution in [0.15, 0.2) is 30.6 Å². The van der Waals surface area contributed by atoms with E-state index in [4.69, 9.17) is 11.6 Å². The molecule has 0 bridgehead atoms. The van der Waals surface area contributed by atoms with Crippen LogP contribution in [0.25, 0.3) is 11.0 Å². The molecule has 0 atom stereocenters. The lowest BCUT2D eigenvalue weighted by molar-refractivity contribution is 0.0885. The molecule has 1 heterocycles. The van der Waals surface area contributed by atoms with Gasteiger partial charge in [0.25, 0.3) is 5.91 Å². The Kier molecular flexibility index (Phi) is 4.06. The number of benzene rings is 1. The molecule has 21 heavy (non-hydrogen) atoms. The van der Waals surface area contributed by atoms with E-state index in [2.05, 4.69) is 15.3 Å². The van der Waals surface area contributed by atoms with Crippen LogP contribution in [0.2, 0.25) is 0 Å². The Hall–Kier alpha value is -1.68. The highest BCUT2D eigenvalue weighted by molar-refractivity contribution is 6.19. The lowest BCUT2D eigenvalue weighted by Crippen LogP contribution is -2.51. The topological polar surface area (TPSA) is 54.9 Å². The summed E-state index contributed by atoms with van der Waals surface area (Å²) in [6.07, 6.45) is 8.65. The van der Waals surface area contributed by atoms with Crippen LogP contribution in [0.4, 0.5) is 0 Å². The quantitative estimate of drug-likeness (QED) is 0.885. The molecule has 1 aromatic heterocycles. The molecule has 1 aliphatic rings. The number of halogens is 1. The molecule has 4 nitrogen and oxygen atoms in total. The molecule has 1 amide bonds. The highest BCUT2D eigenvalue weighted by atomic mass is 35.5. The van der Waals surface area contributed by atoms with Crippen LogP contribution in [-0.4, -0.2) is 27.3 Å². The van der Waals surface area contributed by atoms with Crippen LogP contribution in [-0.2, 0) is 0 Å². The van der Waals surface area contributed by atoms with Crippen LogP contribution in [0.3, 0.4) is 0 Å². The van der Waals surface area contributed by atoms with E-state index in [1.54, 1.807) is 24.5 Å². The summed E-state index contributed by atoms with van der Waals surface area (Å²) in [4.78, 5) is 21.0. The minimum absolute atomic E-state index is 0.0786. The van der Waals surface area contributed by atoms with E-state index < -0.39 is 0 Å². The van der Waals surface area contributed by atoms with Crippen molar-refractivity contribution in [1.29, 1.82) is 0 Å². The lowest BCUT2D eigenvalue weighted by Gasteiger charge is -2.36. The molecule has 1 aliphatic carbocycles. The first-order valence-electron chi connectivity index (χ1n) is 7.32. The second-order valence-electron chi connectivity index (χ2n) is 5.69. The van der Waals surface area contributed by atoms with Crippen molar-refractivity contribution in [2.75, 3.05) is 5.88 Å². The van der Waals surface area contributed by atoms with Crippen molar-refractivity contribution in [2.45, 2.75) is 37.6 Å². The van der Waals surface area contributed by atoms with Gasteiger partial charge >= 0.3 is 0 Å². The van der Waals surface area contributed by atoms with Crippen molar-refractivity contribution >= 4 is 28.5 Å². The fraction of sp³-hybridized carbons (Fsp3) is 0.438. The van der Waals surface area contributed by atoms with Gasteiger partial charge in [0.15, 0.2) is 0 Å². The number of nitrogens with one attached hydrogen (secondary N) is 1. The van der Waals surface area contributed by atoms with Gasteiger partial charge in [0.2, 0.25) is 0 Å². The average Bonchev–Trinajstić information content (AvgIpc) is 2.55. The number of aromatic nitrogens is 2. The van der Waals surface area contributed by atoms with Gasteiger partial charge in [-0.2, -0.15) is 0 Å². The minimum atomic E-state index is -0.256. The largest absolute Gasteiger partial charge is 0.345 e. The van der Waals surface area contributed by atoms with Crippen molar-refractivity contribution in [1.82, 2.24) is 15.3 Å². The van der Waals surface area contributed by atoms with E-state index in [0.29, 0.717) is 11.4 Å². The zero-order valence-electron chi connectivity index (χ0n) is 11.8. The SMILES string of the molecule is O=C(NC1(CCl)CCCCC1)c1ccc2nccnc2c1. The number of hydrogen-bond donors (Lipinski definition) is 1. The Morgan fingerprint density at radius 3 is 2.57 bits per heavy atom. The molecule has 0 saturated heterocycles. The molecule has 5 heteroatoms. The molecular formula is C16H18ClN3O. The zero-order chi connectivity index (χ0) is 14.7. The zero-order valence-corrected chi connectivity index (χ0v) is 12.6. The first-order valence-corrected chi connectivity index (χ1v) is 7.85. The fourth-order valence-corrected chi connectivity index (χ4v) is 3.27. The number of carbonyl (C=O) groups is 1. The third-order valence-corrected chi connectivity index (χ3v) is 4.69. The van der Waals surface area contributed by atoms with Crippen LogP contribution >= 0.6 is 11.6 Å². The summed E-state index contributed by atoms with van der Waals surface area (Å²) in [7, 11) is 0. The Morgan fingerprint density at radius 2 is 1.86 bits per heavy atom. The monoisotopic (exact) mass is 303 g/mol. The van der Waals surface area contributed by atoms with E-state index in [9.17, 15) is 4.79 Å². The number of amides is 1. The molecule has 1 aromatic carbocycles. The molecule has 110 valence electrons. The molecule has 1 N–H and O–H groups in total. The molecule has 0 unspecified atom stereocenters. The Labute approximate surface area is 128 Å². The predicted octanol–water partition coefficient (Wildman–Crippen LogP) is 3.30. The van der Waals surface area contributed by atoms with Gasteiger partial charge in [-0.05, 0) is 31.0 Å². The first kappa shape index (κ1) is 14.3. The third kappa shape index (κ3) is 3.00. The van der Waals surface area contributed by atoms with Gasteiger partial charge in [0.1, 0.15) is 0 Å². The summed E-state index contributed by atoms with van der Waals surface area (Å²) in [5.74, 6) is 0.386. The lowest BCUT2D eigenvalue weighted by atomic mass is 9.83. The normalized spacial score (nSPS) is 17.6. The average molecular weight is 304 g/mol. The predicted molar refractivity (Wildman–Crippen MR) is 83.5 cm³/mol. The Morgan fingerprint density at radius 1 is 1.14 bits per heavy atom. The van der Waals surface area contributed by atoms with Crippen LogP contribution < -0.4 is 5.32 Å². The van der Waals surface area contributed by atoms with E-state index in [-0.39, 0.29) is 11.4 Å². The maximum atomic E-state index is 12.5. The Balaban J connectivity index is 1.82. The highest BCUT2D eigenvalue weighted by Gasteiger charge is 2.32. The van der Waals surface area contributed by atoms with Crippen molar-refractivity contribution in [3.8, 4) is 0 Å². The van der Waals surface area contributed by atoms with E-state index >= 15 is 0 Å². The molecule has 0 radical (unpaired) electrons. The number of hydrogen-bond acceptors (Lipinski definition) is 3. The minimum Gasteiger partial charge on any atom is -0.345 e. The fourth-order valence-electron chi connectivity index (χ4n) is 2.94. The van der Waals surface area contributed by atoms with Gasteiger partial charge < -0.3 is 5.32 Å². The van der Waals surface area contributed by atoms with E-state index in [1.807, 2.05) is 6.07 Å². The maximum Gasteiger partial charge on any atom is 0.251 e. The van der Waals surface area contributed by atoms with Crippen LogP contribution in [0.1, 0.15) is 42.5 Å². The smallest absolute Gasteiger partial charge is 0.251 e. The standard InChI is InChI=1S/C16H18ClN3O/c17-11-16(6-2-1-3-7-16)20-15(21)12-4-5-13-14(10-12)19-9-8-18-13/h4-5,8-10H,1-3,6-7,11H2,(H,20,21). The van der Waals surface area contributed by atoms with Crippen molar-refractivity contribution in [2.24, 2.45) is 0 Å². The number of alkyl halides is 1. The van der Waals surface area contributed by atoms with E-state index in [1.165, 1.54) is 6.42 Å². The summed E-state index contributed by atoms with van der Waals surface area (Å²) in [6, 6.07) is 5.39. The van der Waals surface area contributed by atoms with E-state index in [0.717, 1.165) is 36.7 Å². The van der Waals surface area contributed by atoms with Crippen molar-refractivity contribution < 1.29 is 4.79 Å². The first-order chi connectivity index (χ1) is 10.2. The van der Waals surface area contributed by atoms with Crippen LogP contribution in [0.5, 0.6) is 0 Å². The molecule has 3 rings (SSSR count).